The summed E-state index contributed by atoms with van der Waals surface area (Å²) < 4.78 is 0. The maximum absolute atomic E-state index is 12.7. The molecule has 31 heavy (non-hydrogen) atoms. The zero-order valence-corrected chi connectivity index (χ0v) is 17.7. The van der Waals surface area contributed by atoms with Gasteiger partial charge in [0.2, 0.25) is 5.91 Å². The first-order chi connectivity index (χ1) is 15.1. The lowest BCUT2D eigenvalue weighted by Crippen LogP contribution is -2.44. The van der Waals surface area contributed by atoms with Crippen LogP contribution in [0, 0.1) is 0 Å². The number of carbonyl (C=O) groups excluding carboxylic acids is 3. The second kappa shape index (κ2) is 9.33. The molecule has 4 amide bonds. The first-order valence-electron chi connectivity index (χ1n) is 11.1. The van der Waals surface area contributed by atoms with Crippen molar-refractivity contribution in [2.24, 2.45) is 0 Å². The van der Waals surface area contributed by atoms with E-state index in [1.165, 1.54) is 4.90 Å². The van der Waals surface area contributed by atoms with Gasteiger partial charge in [0, 0.05) is 25.4 Å². The summed E-state index contributed by atoms with van der Waals surface area (Å²) >= 11 is 0. The van der Waals surface area contributed by atoms with Crippen LogP contribution in [0.4, 0.5) is 4.79 Å². The minimum Gasteiger partial charge on any atom is -0.355 e. The Bertz CT molecular complexity index is 884. The van der Waals surface area contributed by atoms with Crippen LogP contribution in [-0.2, 0) is 9.59 Å². The van der Waals surface area contributed by atoms with Crippen LogP contribution in [0.1, 0.15) is 55.6 Å². The van der Waals surface area contributed by atoms with Gasteiger partial charge in [-0.3, -0.25) is 14.5 Å². The summed E-state index contributed by atoms with van der Waals surface area (Å²) in [6.07, 6.45) is 4.10. The third kappa shape index (κ3) is 4.63. The molecule has 6 nitrogen and oxygen atoms in total. The molecule has 0 bridgehead atoms. The zero-order valence-electron chi connectivity index (χ0n) is 17.7. The molecule has 2 N–H and O–H groups in total. The van der Waals surface area contributed by atoms with E-state index in [-0.39, 0.29) is 36.7 Å². The molecule has 2 aliphatic rings. The number of hydrogen-bond acceptors (Lipinski definition) is 3. The van der Waals surface area contributed by atoms with E-state index < -0.39 is 5.54 Å². The van der Waals surface area contributed by atoms with Gasteiger partial charge in [-0.25, -0.2) is 4.79 Å². The van der Waals surface area contributed by atoms with Gasteiger partial charge < -0.3 is 10.6 Å². The summed E-state index contributed by atoms with van der Waals surface area (Å²) in [4.78, 5) is 38.7. The summed E-state index contributed by atoms with van der Waals surface area (Å²) in [6.45, 7) is 0.778. The average Bonchev–Trinajstić information content (AvgIpc) is 3.35. The smallest absolute Gasteiger partial charge is 0.325 e. The zero-order chi connectivity index (χ0) is 21.7. The minimum absolute atomic E-state index is 0.0690. The first-order valence-corrected chi connectivity index (χ1v) is 11.1. The predicted molar refractivity (Wildman–Crippen MR) is 118 cm³/mol. The lowest BCUT2D eigenvalue weighted by atomic mass is 9.91. The van der Waals surface area contributed by atoms with Crippen LogP contribution in [0.3, 0.4) is 0 Å². The van der Waals surface area contributed by atoms with Gasteiger partial charge >= 0.3 is 6.03 Å². The molecule has 1 aliphatic carbocycles. The van der Waals surface area contributed by atoms with E-state index in [9.17, 15) is 14.4 Å². The quantitative estimate of drug-likeness (QED) is 0.642. The molecule has 0 aromatic heterocycles. The lowest BCUT2D eigenvalue weighted by molar-refractivity contribution is -0.131. The Labute approximate surface area is 183 Å². The fourth-order valence-electron chi connectivity index (χ4n) is 4.70. The SMILES string of the molecule is O=C(CCCN1C(=O)NC2(CCCC2)C1=O)NCC(c1ccccc1)c1ccccc1. The van der Waals surface area contributed by atoms with Crippen LogP contribution in [0.2, 0.25) is 0 Å². The number of imide groups is 1. The van der Waals surface area contributed by atoms with Crippen LogP contribution in [-0.4, -0.2) is 41.4 Å². The Morgan fingerprint density at radius 3 is 2.13 bits per heavy atom. The van der Waals surface area contributed by atoms with Crippen molar-refractivity contribution in [1.82, 2.24) is 15.5 Å². The number of urea groups is 1. The molecule has 2 aromatic carbocycles. The highest BCUT2D eigenvalue weighted by Crippen LogP contribution is 2.35. The second-order valence-corrected chi connectivity index (χ2v) is 8.46. The largest absolute Gasteiger partial charge is 0.355 e. The van der Waals surface area contributed by atoms with E-state index in [1.807, 2.05) is 36.4 Å². The third-order valence-corrected chi connectivity index (χ3v) is 6.40. The van der Waals surface area contributed by atoms with E-state index in [0.29, 0.717) is 13.0 Å². The van der Waals surface area contributed by atoms with E-state index in [4.69, 9.17) is 0 Å². The topological polar surface area (TPSA) is 78.5 Å². The second-order valence-electron chi connectivity index (χ2n) is 8.46. The highest BCUT2D eigenvalue weighted by Gasteiger charge is 2.52. The summed E-state index contributed by atoms with van der Waals surface area (Å²) in [5.41, 5.74) is 1.61. The van der Waals surface area contributed by atoms with Gasteiger partial charge in [-0.1, -0.05) is 73.5 Å². The van der Waals surface area contributed by atoms with Gasteiger partial charge in [0.25, 0.3) is 5.91 Å². The summed E-state index contributed by atoms with van der Waals surface area (Å²) in [6, 6.07) is 19.9. The van der Waals surface area contributed by atoms with Gasteiger partial charge in [0.15, 0.2) is 0 Å². The minimum atomic E-state index is -0.683. The predicted octanol–water partition coefficient (Wildman–Crippen LogP) is 3.58. The molecule has 1 spiro atoms. The van der Waals surface area contributed by atoms with Crippen LogP contribution in [0.15, 0.2) is 60.7 Å². The van der Waals surface area contributed by atoms with Crippen molar-refractivity contribution in [2.75, 3.05) is 13.1 Å². The summed E-state index contributed by atoms with van der Waals surface area (Å²) in [7, 11) is 0. The van der Waals surface area contributed by atoms with Crippen LogP contribution < -0.4 is 10.6 Å². The Hall–Kier alpha value is -3.15. The third-order valence-electron chi connectivity index (χ3n) is 6.40. The van der Waals surface area contributed by atoms with Crippen molar-refractivity contribution in [3.8, 4) is 0 Å². The number of carbonyl (C=O) groups is 3. The Morgan fingerprint density at radius 1 is 0.968 bits per heavy atom. The number of hydrogen-bond donors (Lipinski definition) is 2. The van der Waals surface area contributed by atoms with Crippen molar-refractivity contribution in [2.45, 2.75) is 50.0 Å². The number of rotatable bonds is 8. The molecular formula is C25H29N3O3. The number of benzene rings is 2. The van der Waals surface area contributed by atoms with Crippen LogP contribution in [0.5, 0.6) is 0 Å². The van der Waals surface area contributed by atoms with Crippen LogP contribution >= 0.6 is 0 Å². The van der Waals surface area contributed by atoms with E-state index in [0.717, 1.165) is 36.8 Å². The Balaban J connectivity index is 1.29. The molecule has 6 heteroatoms. The highest BCUT2D eigenvalue weighted by molar-refractivity contribution is 6.07. The van der Waals surface area contributed by atoms with E-state index in [2.05, 4.69) is 34.9 Å². The lowest BCUT2D eigenvalue weighted by Gasteiger charge is -2.20. The van der Waals surface area contributed by atoms with Gasteiger partial charge in [-0.05, 0) is 30.4 Å². The molecule has 162 valence electrons. The van der Waals surface area contributed by atoms with Gasteiger partial charge in [0.05, 0.1) is 0 Å². The number of nitrogens with one attached hydrogen (secondary N) is 2. The van der Waals surface area contributed by atoms with Gasteiger partial charge in [-0.2, -0.15) is 0 Å². The van der Waals surface area contributed by atoms with Crippen molar-refractivity contribution >= 4 is 17.8 Å². The van der Waals surface area contributed by atoms with E-state index in [1.54, 1.807) is 0 Å². The summed E-state index contributed by atoms with van der Waals surface area (Å²) in [5, 5.41) is 5.91. The molecule has 1 saturated carbocycles. The Morgan fingerprint density at radius 2 is 1.55 bits per heavy atom. The number of nitrogens with zero attached hydrogens (tertiary/aromatic N) is 1. The number of amides is 4. The molecule has 0 radical (unpaired) electrons. The molecule has 1 saturated heterocycles. The molecule has 1 aliphatic heterocycles. The summed E-state index contributed by atoms with van der Waals surface area (Å²) in [5.74, 6) is -0.123. The van der Waals surface area contributed by atoms with Crippen molar-refractivity contribution < 1.29 is 14.4 Å². The van der Waals surface area contributed by atoms with Crippen molar-refractivity contribution in [3.05, 3.63) is 71.8 Å². The van der Waals surface area contributed by atoms with Crippen molar-refractivity contribution in [1.29, 1.82) is 0 Å². The standard InChI is InChI=1S/C25H29N3O3/c29-22(14-9-17-28-23(30)25(27-24(28)31)15-7-8-16-25)26-18-21(19-10-3-1-4-11-19)20-12-5-2-6-13-20/h1-6,10-13,21H,7-9,14-18H2,(H,26,29)(H,27,31). The first kappa shape index (κ1) is 21.1. The fourth-order valence-corrected chi connectivity index (χ4v) is 4.70. The molecule has 0 unspecified atom stereocenters. The monoisotopic (exact) mass is 419 g/mol. The maximum atomic E-state index is 12.7. The van der Waals surface area contributed by atoms with E-state index >= 15 is 0 Å². The highest BCUT2D eigenvalue weighted by atomic mass is 16.2. The fraction of sp³-hybridized carbons (Fsp3) is 0.400. The van der Waals surface area contributed by atoms with Gasteiger partial charge in [-0.15, -0.1) is 0 Å². The van der Waals surface area contributed by atoms with Crippen LogP contribution in [0.25, 0.3) is 0 Å². The molecule has 0 atom stereocenters. The Kier molecular flexibility index (Phi) is 6.35. The molecule has 1 heterocycles. The maximum Gasteiger partial charge on any atom is 0.325 e. The molecular weight excluding hydrogens is 390 g/mol. The van der Waals surface area contributed by atoms with Gasteiger partial charge in [0.1, 0.15) is 5.54 Å². The normalized spacial score (nSPS) is 17.4. The molecule has 2 fully saturated rings. The van der Waals surface area contributed by atoms with Crippen molar-refractivity contribution in [3.63, 3.8) is 0 Å². The molecule has 4 rings (SSSR count). The molecule has 2 aromatic rings. The average molecular weight is 420 g/mol.